The van der Waals surface area contributed by atoms with E-state index in [1.807, 2.05) is 6.07 Å². The molecular formula is C15H22N2O2. The van der Waals surface area contributed by atoms with Gasteiger partial charge in [-0.2, -0.15) is 0 Å². The van der Waals surface area contributed by atoms with E-state index in [9.17, 15) is 4.79 Å². The molecule has 1 aromatic rings. The summed E-state index contributed by atoms with van der Waals surface area (Å²) in [7, 11) is 0. The average Bonchev–Trinajstić information content (AvgIpc) is 2.81. The minimum absolute atomic E-state index is 0.0113. The number of hydrogen-bond donors (Lipinski definition) is 2. The van der Waals surface area contributed by atoms with Crippen LogP contribution in [0.15, 0.2) is 16.9 Å². The molecule has 0 saturated carbocycles. The van der Waals surface area contributed by atoms with Crippen LogP contribution in [0.25, 0.3) is 0 Å². The molecule has 1 aliphatic heterocycles. The molecule has 3 rings (SSSR count). The lowest BCUT2D eigenvalue weighted by molar-refractivity contribution is 0.104. The van der Waals surface area contributed by atoms with E-state index in [0.717, 1.165) is 44.5 Å². The number of fused-ring (bicyclic) bond motifs is 1. The van der Waals surface area contributed by atoms with Crippen LogP contribution in [-0.2, 0) is 11.2 Å². The van der Waals surface area contributed by atoms with Crippen molar-refractivity contribution in [2.75, 3.05) is 13.2 Å². The molecular weight excluding hydrogens is 240 g/mol. The molecule has 2 heterocycles. The van der Waals surface area contributed by atoms with Crippen LogP contribution in [0.4, 0.5) is 0 Å². The lowest BCUT2D eigenvalue weighted by atomic mass is 9.90. The predicted molar refractivity (Wildman–Crippen MR) is 74.3 cm³/mol. The highest BCUT2D eigenvalue weighted by Crippen LogP contribution is 2.28. The molecule has 2 N–H and O–H groups in total. The molecule has 0 aromatic carbocycles. The minimum atomic E-state index is 0.0113. The van der Waals surface area contributed by atoms with Gasteiger partial charge in [0, 0.05) is 31.0 Å². The Bertz CT molecular complexity index is 497. The third-order valence-electron chi connectivity index (χ3n) is 4.49. The number of hydrogen-bond acceptors (Lipinski definition) is 3. The van der Waals surface area contributed by atoms with Gasteiger partial charge in [0.1, 0.15) is 0 Å². The minimum Gasteiger partial charge on any atom is -0.378 e. The standard InChI is InChI=1S/C15H22N2O2/c1-10-11(7-8-19-10)9-16-13-3-2-4-14-12(13)5-6-15(18)17-14/h5-6,10-11,13,16H,2-4,7-9H2,1H3,(H,17,18). The van der Waals surface area contributed by atoms with Crippen LogP contribution in [0.1, 0.15) is 43.5 Å². The monoisotopic (exact) mass is 262 g/mol. The molecule has 1 aromatic heterocycles. The molecule has 0 spiro atoms. The van der Waals surface area contributed by atoms with E-state index >= 15 is 0 Å². The van der Waals surface area contributed by atoms with Crippen molar-refractivity contribution in [1.29, 1.82) is 0 Å². The molecule has 19 heavy (non-hydrogen) atoms. The maximum Gasteiger partial charge on any atom is 0.248 e. The zero-order valence-electron chi connectivity index (χ0n) is 11.4. The van der Waals surface area contributed by atoms with Crippen molar-refractivity contribution in [2.45, 2.75) is 44.8 Å². The Labute approximate surface area is 113 Å². The summed E-state index contributed by atoms with van der Waals surface area (Å²) in [6.07, 6.45) is 4.81. The summed E-state index contributed by atoms with van der Waals surface area (Å²) in [5.74, 6) is 0.619. The fourth-order valence-corrected chi connectivity index (χ4v) is 3.25. The molecule has 3 unspecified atom stereocenters. The van der Waals surface area contributed by atoms with Crippen LogP contribution in [0, 0.1) is 5.92 Å². The first kappa shape index (κ1) is 12.9. The fourth-order valence-electron chi connectivity index (χ4n) is 3.25. The van der Waals surface area contributed by atoms with Gasteiger partial charge in [-0.3, -0.25) is 4.79 Å². The van der Waals surface area contributed by atoms with Gasteiger partial charge in [-0.05, 0) is 44.1 Å². The molecule has 0 radical (unpaired) electrons. The zero-order valence-corrected chi connectivity index (χ0v) is 11.4. The van der Waals surface area contributed by atoms with E-state index < -0.39 is 0 Å². The van der Waals surface area contributed by atoms with Crippen molar-refractivity contribution in [3.8, 4) is 0 Å². The van der Waals surface area contributed by atoms with Crippen LogP contribution in [0.3, 0.4) is 0 Å². The molecule has 1 saturated heterocycles. The van der Waals surface area contributed by atoms with Gasteiger partial charge in [-0.15, -0.1) is 0 Å². The summed E-state index contributed by atoms with van der Waals surface area (Å²) < 4.78 is 5.60. The molecule has 1 aliphatic carbocycles. The van der Waals surface area contributed by atoms with E-state index in [0.29, 0.717) is 18.1 Å². The first-order valence-corrected chi connectivity index (χ1v) is 7.31. The molecule has 0 bridgehead atoms. The smallest absolute Gasteiger partial charge is 0.248 e. The lowest BCUT2D eigenvalue weighted by Crippen LogP contribution is -2.33. The highest BCUT2D eigenvalue weighted by Gasteiger charge is 2.26. The van der Waals surface area contributed by atoms with Crippen molar-refractivity contribution >= 4 is 0 Å². The van der Waals surface area contributed by atoms with Gasteiger partial charge in [-0.25, -0.2) is 0 Å². The van der Waals surface area contributed by atoms with Gasteiger partial charge in [0.25, 0.3) is 0 Å². The van der Waals surface area contributed by atoms with Crippen molar-refractivity contribution in [2.24, 2.45) is 5.92 Å². The zero-order chi connectivity index (χ0) is 13.2. The van der Waals surface area contributed by atoms with E-state index in [2.05, 4.69) is 17.2 Å². The fraction of sp³-hybridized carbons (Fsp3) is 0.667. The summed E-state index contributed by atoms with van der Waals surface area (Å²) in [5.41, 5.74) is 2.40. The second-order valence-electron chi connectivity index (χ2n) is 5.73. The second-order valence-corrected chi connectivity index (χ2v) is 5.73. The van der Waals surface area contributed by atoms with Crippen LogP contribution in [-0.4, -0.2) is 24.2 Å². The first-order valence-electron chi connectivity index (χ1n) is 7.31. The van der Waals surface area contributed by atoms with Crippen LogP contribution >= 0.6 is 0 Å². The van der Waals surface area contributed by atoms with Crippen LogP contribution in [0.2, 0.25) is 0 Å². The third kappa shape index (κ3) is 2.74. The Kier molecular flexibility index (Phi) is 3.71. The first-order chi connectivity index (χ1) is 9.24. The number of aromatic amines is 1. The van der Waals surface area contributed by atoms with Crippen molar-refractivity contribution in [3.63, 3.8) is 0 Å². The molecule has 104 valence electrons. The lowest BCUT2D eigenvalue weighted by Gasteiger charge is -2.27. The summed E-state index contributed by atoms with van der Waals surface area (Å²) in [4.78, 5) is 14.3. The van der Waals surface area contributed by atoms with Crippen LogP contribution in [0.5, 0.6) is 0 Å². The Balaban J connectivity index is 1.68. The molecule has 0 amide bonds. The van der Waals surface area contributed by atoms with Gasteiger partial charge in [-0.1, -0.05) is 6.07 Å². The molecule has 2 aliphatic rings. The van der Waals surface area contributed by atoms with E-state index in [1.165, 1.54) is 5.56 Å². The topological polar surface area (TPSA) is 54.1 Å². The quantitative estimate of drug-likeness (QED) is 0.873. The average molecular weight is 262 g/mol. The number of nitrogens with one attached hydrogen (secondary N) is 2. The van der Waals surface area contributed by atoms with Crippen LogP contribution < -0.4 is 10.9 Å². The Hall–Kier alpha value is -1.13. The highest BCUT2D eigenvalue weighted by atomic mass is 16.5. The number of pyridine rings is 1. The van der Waals surface area contributed by atoms with Gasteiger partial charge in [0.2, 0.25) is 5.56 Å². The Morgan fingerprint density at radius 3 is 3.11 bits per heavy atom. The van der Waals surface area contributed by atoms with E-state index in [1.54, 1.807) is 6.07 Å². The Morgan fingerprint density at radius 1 is 1.42 bits per heavy atom. The largest absolute Gasteiger partial charge is 0.378 e. The molecule has 3 atom stereocenters. The second kappa shape index (κ2) is 5.47. The summed E-state index contributed by atoms with van der Waals surface area (Å²) >= 11 is 0. The summed E-state index contributed by atoms with van der Waals surface area (Å²) in [6, 6.07) is 4.01. The number of aromatic nitrogens is 1. The van der Waals surface area contributed by atoms with Gasteiger partial charge < -0.3 is 15.0 Å². The third-order valence-corrected chi connectivity index (χ3v) is 4.49. The number of H-pyrrole nitrogens is 1. The van der Waals surface area contributed by atoms with Crippen molar-refractivity contribution in [3.05, 3.63) is 33.7 Å². The Morgan fingerprint density at radius 2 is 2.32 bits per heavy atom. The van der Waals surface area contributed by atoms with Crippen molar-refractivity contribution < 1.29 is 4.74 Å². The summed E-state index contributed by atoms with van der Waals surface area (Å²) in [6.45, 7) is 4.05. The molecule has 4 nitrogen and oxygen atoms in total. The van der Waals surface area contributed by atoms with Crippen molar-refractivity contribution in [1.82, 2.24) is 10.3 Å². The normalized spacial score (nSPS) is 30.3. The van der Waals surface area contributed by atoms with Gasteiger partial charge in [0.15, 0.2) is 0 Å². The maximum atomic E-state index is 11.4. The maximum absolute atomic E-state index is 11.4. The predicted octanol–water partition coefficient (Wildman–Crippen LogP) is 1.77. The number of aryl methyl sites for hydroxylation is 1. The SMILES string of the molecule is CC1OCCC1CNC1CCCc2[nH]c(=O)ccc21. The van der Waals surface area contributed by atoms with Gasteiger partial charge in [0.05, 0.1) is 6.10 Å². The van der Waals surface area contributed by atoms with E-state index in [4.69, 9.17) is 4.74 Å². The number of rotatable bonds is 3. The summed E-state index contributed by atoms with van der Waals surface area (Å²) in [5, 5.41) is 3.67. The van der Waals surface area contributed by atoms with Gasteiger partial charge >= 0.3 is 0 Å². The number of ether oxygens (including phenoxy) is 1. The highest BCUT2D eigenvalue weighted by molar-refractivity contribution is 5.26. The molecule has 1 fully saturated rings. The molecule has 4 heteroatoms. The van der Waals surface area contributed by atoms with E-state index in [-0.39, 0.29) is 5.56 Å².